The fourth-order valence-corrected chi connectivity index (χ4v) is 1.46. The van der Waals surface area contributed by atoms with Gasteiger partial charge >= 0.3 is 0 Å². The molecule has 96 valence electrons. The zero-order valence-electron chi connectivity index (χ0n) is 10.3. The second-order valence-corrected chi connectivity index (χ2v) is 4.04. The van der Waals surface area contributed by atoms with Crippen LogP contribution in [0.2, 0.25) is 0 Å². The summed E-state index contributed by atoms with van der Waals surface area (Å²) in [6, 6.07) is 0. The highest BCUT2D eigenvalue weighted by Gasteiger charge is 2.13. The number of nitrogens with one attached hydrogen (secondary N) is 1. The first-order chi connectivity index (χ1) is 8.04. The average molecular weight is 240 g/mol. The van der Waals surface area contributed by atoms with Gasteiger partial charge in [-0.3, -0.25) is 9.48 Å². The third-order valence-electron chi connectivity index (χ3n) is 2.41. The highest BCUT2D eigenvalue weighted by atomic mass is 16.3. The fourth-order valence-electron chi connectivity index (χ4n) is 1.46. The molecule has 0 aliphatic rings. The molecule has 0 saturated heterocycles. The van der Waals surface area contributed by atoms with E-state index in [0.717, 1.165) is 6.42 Å². The number of nitrogens with two attached hydrogens (primary N) is 1. The van der Waals surface area contributed by atoms with Crippen molar-refractivity contribution in [3.05, 3.63) is 11.9 Å². The Morgan fingerprint density at radius 3 is 2.94 bits per heavy atom. The average Bonchev–Trinajstić information content (AvgIpc) is 2.65. The van der Waals surface area contributed by atoms with E-state index >= 15 is 0 Å². The van der Waals surface area contributed by atoms with Crippen LogP contribution in [0.1, 0.15) is 37.2 Å². The molecule has 0 bridgehead atoms. The molecular formula is C11H20N4O2. The van der Waals surface area contributed by atoms with Crippen molar-refractivity contribution in [3.63, 3.8) is 0 Å². The predicted octanol–water partition coefficient (Wildman–Crippen LogP) is 0.376. The molecule has 1 aromatic rings. The Balaban J connectivity index is 2.44. The molecule has 0 aliphatic carbocycles. The van der Waals surface area contributed by atoms with Crippen LogP contribution in [0.3, 0.4) is 0 Å². The van der Waals surface area contributed by atoms with E-state index in [2.05, 4.69) is 10.4 Å². The number of amides is 1. The molecule has 1 aromatic heterocycles. The van der Waals surface area contributed by atoms with Gasteiger partial charge in [0.15, 0.2) is 5.69 Å². The SMILES string of the molecule is CCn1cc(N)c(C(=O)NCCCC(C)O)n1. The van der Waals surface area contributed by atoms with Gasteiger partial charge in [0.05, 0.1) is 11.8 Å². The maximum atomic E-state index is 11.7. The smallest absolute Gasteiger partial charge is 0.273 e. The number of rotatable bonds is 6. The molecule has 0 spiro atoms. The molecule has 1 atom stereocenters. The monoisotopic (exact) mass is 240 g/mol. The number of aliphatic hydroxyl groups excluding tert-OH is 1. The number of anilines is 1. The number of hydrogen-bond donors (Lipinski definition) is 3. The van der Waals surface area contributed by atoms with Gasteiger partial charge in [0.2, 0.25) is 0 Å². The van der Waals surface area contributed by atoms with Crippen LogP contribution in [0.15, 0.2) is 6.20 Å². The molecule has 0 fully saturated rings. The summed E-state index contributed by atoms with van der Waals surface area (Å²) in [5, 5.41) is 15.9. The molecule has 6 heteroatoms. The number of carbonyl (C=O) groups excluding carboxylic acids is 1. The van der Waals surface area contributed by atoms with Gasteiger partial charge in [0.25, 0.3) is 5.91 Å². The van der Waals surface area contributed by atoms with Crippen LogP contribution >= 0.6 is 0 Å². The van der Waals surface area contributed by atoms with Crippen molar-refractivity contribution < 1.29 is 9.90 Å². The summed E-state index contributed by atoms with van der Waals surface area (Å²) < 4.78 is 1.63. The standard InChI is InChI=1S/C11H20N4O2/c1-3-15-7-9(12)10(14-15)11(17)13-6-4-5-8(2)16/h7-8,16H,3-6,12H2,1-2H3,(H,13,17). The highest BCUT2D eigenvalue weighted by Crippen LogP contribution is 2.08. The zero-order valence-corrected chi connectivity index (χ0v) is 10.3. The van der Waals surface area contributed by atoms with E-state index < -0.39 is 0 Å². The quantitative estimate of drug-likeness (QED) is 0.626. The van der Waals surface area contributed by atoms with Crippen LogP contribution in [0.25, 0.3) is 0 Å². The maximum Gasteiger partial charge on any atom is 0.273 e. The molecule has 1 amide bonds. The maximum absolute atomic E-state index is 11.7. The summed E-state index contributed by atoms with van der Waals surface area (Å²) in [6.07, 6.45) is 2.71. The van der Waals surface area contributed by atoms with E-state index in [-0.39, 0.29) is 17.7 Å². The Kier molecular flexibility index (Phi) is 4.96. The van der Waals surface area contributed by atoms with Crippen molar-refractivity contribution in [2.24, 2.45) is 0 Å². The molecule has 0 aliphatic heterocycles. The van der Waals surface area contributed by atoms with Gasteiger partial charge in [-0.15, -0.1) is 0 Å². The topological polar surface area (TPSA) is 93.2 Å². The normalized spacial score (nSPS) is 12.4. The van der Waals surface area contributed by atoms with E-state index in [1.165, 1.54) is 0 Å². The lowest BCUT2D eigenvalue weighted by atomic mass is 10.2. The molecule has 1 unspecified atom stereocenters. The summed E-state index contributed by atoms with van der Waals surface area (Å²) in [4.78, 5) is 11.7. The first-order valence-corrected chi connectivity index (χ1v) is 5.83. The molecule has 0 radical (unpaired) electrons. The van der Waals surface area contributed by atoms with E-state index in [1.807, 2.05) is 6.92 Å². The van der Waals surface area contributed by atoms with Gasteiger partial charge in [-0.1, -0.05) is 0 Å². The summed E-state index contributed by atoms with van der Waals surface area (Å²) in [6.45, 7) is 4.85. The van der Waals surface area contributed by atoms with Gasteiger partial charge in [-0.25, -0.2) is 0 Å². The first-order valence-electron chi connectivity index (χ1n) is 5.83. The van der Waals surface area contributed by atoms with E-state index in [9.17, 15) is 4.79 Å². The largest absolute Gasteiger partial charge is 0.396 e. The van der Waals surface area contributed by atoms with Gasteiger partial charge < -0.3 is 16.2 Å². The van der Waals surface area contributed by atoms with Crippen LogP contribution in [-0.2, 0) is 6.54 Å². The summed E-state index contributed by atoms with van der Waals surface area (Å²) in [5.74, 6) is -0.264. The zero-order chi connectivity index (χ0) is 12.8. The Morgan fingerprint density at radius 1 is 1.71 bits per heavy atom. The summed E-state index contributed by atoms with van der Waals surface area (Å²) in [7, 11) is 0. The van der Waals surface area contributed by atoms with Crippen LogP contribution in [0, 0.1) is 0 Å². The van der Waals surface area contributed by atoms with Gasteiger partial charge in [0.1, 0.15) is 0 Å². The highest BCUT2D eigenvalue weighted by molar-refractivity contribution is 5.96. The Labute approximate surface area is 101 Å². The molecule has 0 aromatic carbocycles. The minimum absolute atomic E-state index is 0.264. The Hall–Kier alpha value is -1.56. The van der Waals surface area contributed by atoms with E-state index in [1.54, 1.807) is 17.8 Å². The van der Waals surface area contributed by atoms with Gasteiger partial charge in [-0.2, -0.15) is 5.10 Å². The molecule has 4 N–H and O–H groups in total. The fraction of sp³-hybridized carbons (Fsp3) is 0.636. The number of hydrogen-bond acceptors (Lipinski definition) is 4. The van der Waals surface area contributed by atoms with Crippen LogP contribution in [-0.4, -0.2) is 33.4 Å². The van der Waals surface area contributed by atoms with Crippen LogP contribution < -0.4 is 11.1 Å². The number of aliphatic hydroxyl groups is 1. The van der Waals surface area contributed by atoms with E-state index in [0.29, 0.717) is 25.2 Å². The van der Waals surface area contributed by atoms with Gasteiger partial charge in [-0.05, 0) is 26.7 Å². The van der Waals surface area contributed by atoms with Crippen LogP contribution in [0.5, 0.6) is 0 Å². The Morgan fingerprint density at radius 2 is 2.41 bits per heavy atom. The third kappa shape index (κ3) is 4.07. The Bertz CT molecular complexity index is 374. The second-order valence-electron chi connectivity index (χ2n) is 4.04. The van der Waals surface area contributed by atoms with Crippen LogP contribution in [0.4, 0.5) is 5.69 Å². The van der Waals surface area contributed by atoms with Crippen molar-refractivity contribution in [1.82, 2.24) is 15.1 Å². The predicted molar refractivity (Wildman–Crippen MR) is 65.6 cm³/mol. The summed E-state index contributed by atoms with van der Waals surface area (Å²) in [5.41, 5.74) is 6.34. The number of carbonyl (C=O) groups is 1. The van der Waals surface area contributed by atoms with Crippen molar-refractivity contribution in [1.29, 1.82) is 0 Å². The first kappa shape index (κ1) is 13.5. The lowest BCUT2D eigenvalue weighted by Crippen LogP contribution is -2.26. The molecule has 1 heterocycles. The van der Waals surface area contributed by atoms with Crippen molar-refractivity contribution in [2.75, 3.05) is 12.3 Å². The minimum Gasteiger partial charge on any atom is -0.396 e. The number of nitrogen functional groups attached to an aromatic ring is 1. The van der Waals surface area contributed by atoms with Crippen molar-refractivity contribution in [3.8, 4) is 0 Å². The lowest BCUT2D eigenvalue weighted by Gasteiger charge is -2.05. The number of aromatic nitrogens is 2. The number of aryl methyl sites for hydroxylation is 1. The number of nitrogens with zero attached hydrogens (tertiary/aromatic N) is 2. The van der Waals surface area contributed by atoms with Gasteiger partial charge in [0, 0.05) is 19.3 Å². The minimum atomic E-state index is -0.337. The molecule has 6 nitrogen and oxygen atoms in total. The van der Waals surface area contributed by atoms with Crippen molar-refractivity contribution >= 4 is 11.6 Å². The molecule has 17 heavy (non-hydrogen) atoms. The summed E-state index contributed by atoms with van der Waals surface area (Å²) >= 11 is 0. The molecule has 0 saturated carbocycles. The molecule has 1 rings (SSSR count). The lowest BCUT2D eigenvalue weighted by molar-refractivity contribution is 0.0944. The van der Waals surface area contributed by atoms with Crippen molar-refractivity contribution in [2.45, 2.75) is 39.3 Å². The molecular weight excluding hydrogens is 220 g/mol. The second kappa shape index (κ2) is 6.24. The van der Waals surface area contributed by atoms with E-state index in [4.69, 9.17) is 10.8 Å². The third-order valence-corrected chi connectivity index (χ3v) is 2.41.